The second kappa shape index (κ2) is 6.53. The van der Waals surface area contributed by atoms with E-state index in [1.165, 1.54) is 0 Å². The zero-order chi connectivity index (χ0) is 17.1. The van der Waals surface area contributed by atoms with E-state index in [-0.39, 0.29) is 23.2 Å². The number of rotatable bonds is 4. The molecule has 0 fully saturated rings. The number of ether oxygens (including phenoxy) is 1. The van der Waals surface area contributed by atoms with Gasteiger partial charge in [0.25, 0.3) is 0 Å². The summed E-state index contributed by atoms with van der Waals surface area (Å²) < 4.78 is 5.73. The van der Waals surface area contributed by atoms with Crippen LogP contribution in [-0.4, -0.2) is 16.6 Å². The molecule has 2 rings (SSSR count). The maximum Gasteiger partial charge on any atom is 0.222 e. The van der Waals surface area contributed by atoms with Crippen molar-refractivity contribution >= 4 is 11.8 Å². The first-order valence-corrected chi connectivity index (χ1v) is 7.49. The minimum atomic E-state index is 0.0517. The maximum atomic E-state index is 9.38. The van der Waals surface area contributed by atoms with E-state index in [9.17, 15) is 5.26 Å². The summed E-state index contributed by atoms with van der Waals surface area (Å²) in [7, 11) is 0. The van der Waals surface area contributed by atoms with Crippen molar-refractivity contribution in [3.05, 3.63) is 28.8 Å². The van der Waals surface area contributed by atoms with E-state index in [0.29, 0.717) is 12.3 Å². The van der Waals surface area contributed by atoms with Crippen molar-refractivity contribution in [3.63, 3.8) is 0 Å². The number of nitrogens with zero attached hydrogens (tertiary/aromatic N) is 3. The molecule has 4 N–H and O–H groups in total. The average molecular weight is 311 g/mol. The molecule has 0 spiro atoms. The van der Waals surface area contributed by atoms with Gasteiger partial charge in [-0.15, -0.1) is 0 Å². The van der Waals surface area contributed by atoms with Gasteiger partial charge >= 0.3 is 0 Å². The molecule has 0 saturated carbocycles. The molecule has 23 heavy (non-hydrogen) atoms. The third-order valence-electron chi connectivity index (χ3n) is 3.60. The van der Waals surface area contributed by atoms with Gasteiger partial charge in [-0.3, -0.25) is 0 Å². The highest BCUT2D eigenvalue weighted by atomic mass is 16.5. The van der Waals surface area contributed by atoms with Gasteiger partial charge in [-0.25, -0.2) is 4.98 Å². The molecule has 2 aromatic rings. The van der Waals surface area contributed by atoms with Crippen LogP contribution in [0.2, 0.25) is 0 Å². The van der Waals surface area contributed by atoms with Crippen molar-refractivity contribution in [1.82, 2.24) is 9.97 Å². The van der Waals surface area contributed by atoms with Crippen LogP contribution >= 0.6 is 0 Å². The van der Waals surface area contributed by atoms with Gasteiger partial charge < -0.3 is 16.2 Å². The van der Waals surface area contributed by atoms with E-state index in [2.05, 4.69) is 29.9 Å². The summed E-state index contributed by atoms with van der Waals surface area (Å²) in [6.07, 6.45) is 0. The van der Waals surface area contributed by atoms with Gasteiger partial charge in [0.2, 0.25) is 5.95 Å². The van der Waals surface area contributed by atoms with E-state index in [1.54, 1.807) is 0 Å². The highest BCUT2D eigenvalue weighted by Crippen LogP contribution is 2.36. The molecule has 6 heteroatoms. The Morgan fingerprint density at radius 1 is 1.26 bits per heavy atom. The molecule has 0 atom stereocenters. The zero-order valence-electron chi connectivity index (χ0n) is 13.8. The Morgan fingerprint density at radius 3 is 2.52 bits per heavy atom. The van der Waals surface area contributed by atoms with Crippen LogP contribution in [0.4, 0.5) is 11.8 Å². The van der Waals surface area contributed by atoms with Gasteiger partial charge in [0.1, 0.15) is 23.2 Å². The van der Waals surface area contributed by atoms with E-state index < -0.39 is 0 Å². The second-order valence-electron chi connectivity index (χ2n) is 5.60. The summed E-state index contributed by atoms with van der Waals surface area (Å²) in [5.41, 5.74) is 15.0. The molecule has 1 aromatic carbocycles. The van der Waals surface area contributed by atoms with Gasteiger partial charge in [-0.2, -0.15) is 10.2 Å². The van der Waals surface area contributed by atoms with Gasteiger partial charge in [-0.1, -0.05) is 13.8 Å². The SMILES string of the molecule is CCOc1cc(C)c(-c2nc(N)nc(N)c2C#N)cc1C(C)C. The molecule has 0 aliphatic rings. The molecule has 120 valence electrons. The molecule has 6 nitrogen and oxygen atoms in total. The Hall–Kier alpha value is -2.81. The van der Waals surface area contributed by atoms with Gasteiger partial charge in [0.15, 0.2) is 0 Å². The summed E-state index contributed by atoms with van der Waals surface area (Å²) >= 11 is 0. The Morgan fingerprint density at radius 2 is 1.96 bits per heavy atom. The monoisotopic (exact) mass is 311 g/mol. The van der Waals surface area contributed by atoms with Crippen LogP contribution < -0.4 is 16.2 Å². The van der Waals surface area contributed by atoms with Crippen LogP contribution in [0.25, 0.3) is 11.3 Å². The van der Waals surface area contributed by atoms with Crippen molar-refractivity contribution in [1.29, 1.82) is 5.26 Å². The average Bonchev–Trinajstić information content (AvgIpc) is 2.46. The van der Waals surface area contributed by atoms with Crippen LogP contribution in [-0.2, 0) is 0 Å². The van der Waals surface area contributed by atoms with Gasteiger partial charge in [0.05, 0.1) is 12.3 Å². The fraction of sp³-hybridized carbons (Fsp3) is 0.353. The first kappa shape index (κ1) is 16.6. The first-order valence-electron chi connectivity index (χ1n) is 7.49. The topological polar surface area (TPSA) is 111 Å². The van der Waals surface area contributed by atoms with Crippen molar-refractivity contribution in [3.8, 4) is 23.1 Å². The molecule has 0 bridgehead atoms. The van der Waals surface area contributed by atoms with Crippen molar-refractivity contribution in [2.24, 2.45) is 0 Å². The number of benzene rings is 1. The van der Waals surface area contributed by atoms with Crippen LogP contribution in [0.5, 0.6) is 5.75 Å². The number of nitrogen functional groups attached to an aromatic ring is 2. The standard InChI is InChI=1S/C17H21N5O/c1-5-23-14-6-10(4)12(7-11(14)9(2)3)15-13(8-18)16(19)22-17(20)21-15/h6-7,9H,5H2,1-4H3,(H4,19,20,21,22). The highest BCUT2D eigenvalue weighted by Gasteiger charge is 2.18. The third-order valence-corrected chi connectivity index (χ3v) is 3.60. The summed E-state index contributed by atoms with van der Waals surface area (Å²) in [6.45, 7) is 8.66. The van der Waals surface area contributed by atoms with E-state index in [1.807, 2.05) is 26.0 Å². The number of aryl methyl sites for hydroxylation is 1. The molecule has 0 unspecified atom stereocenters. The van der Waals surface area contributed by atoms with Crippen LogP contribution in [0.1, 0.15) is 43.4 Å². The van der Waals surface area contributed by atoms with Crippen molar-refractivity contribution in [2.45, 2.75) is 33.6 Å². The molecule has 0 saturated heterocycles. The number of nitriles is 1. The second-order valence-corrected chi connectivity index (χ2v) is 5.60. The van der Waals surface area contributed by atoms with Crippen molar-refractivity contribution < 1.29 is 4.74 Å². The van der Waals surface area contributed by atoms with Crippen LogP contribution in [0.15, 0.2) is 12.1 Å². The number of hydrogen-bond donors (Lipinski definition) is 2. The fourth-order valence-corrected chi connectivity index (χ4v) is 2.49. The largest absolute Gasteiger partial charge is 0.494 e. The van der Waals surface area contributed by atoms with E-state index in [0.717, 1.165) is 22.4 Å². The summed E-state index contributed by atoms with van der Waals surface area (Å²) in [6, 6.07) is 6.02. The molecule has 0 amide bonds. The third kappa shape index (κ3) is 3.19. The molecular formula is C17H21N5O. The van der Waals surface area contributed by atoms with Crippen molar-refractivity contribution in [2.75, 3.05) is 18.1 Å². The summed E-state index contributed by atoms with van der Waals surface area (Å²) in [4.78, 5) is 8.10. The summed E-state index contributed by atoms with van der Waals surface area (Å²) in [5, 5.41) is 9.38. The lowest BCUT2D eigenvalue weighted by atomic mass is 9.93. The smallest absolute Gasteiger partial charge is 0.222 e. The Kier molecular flexibility index (Phi) is 4.70. The predicted molar refractivity (Wildman–Crippen MR) is 91.0 cm³/mol. The molecule has 0 aliphatic heterocycles. The van der Waals surface area contributed by atoms with Crippen LogP contribution in [0, 0.1) is 18.3 Å². The first-order chi connectivity index (χ1) is 10.9. The Balaban J connectivity index is 2.75. The maximum absolute atomic E-state index is 9.38. The summed E-state index contributed by atoms with van der Waals surface area (Å²) in [5.74, 6) is 1.25. The lowest BCUT2D eigenvalue weighted by Crippen LogP contribution is -2.06. The highest BCUT2D eigenvalue weighted by molar-refractivity contribution is 5.76. The molecule has 1 aromatic heterocycles. The minimum Gasteiger partial charge on any atom is -0.494 e. The van der Waals surface area contributed by atoms with Crippen LogP contribution in [0.3, 0.4) is 0 Å². The normalized spacial score (nSPS) is 10.6. The van der Waals surface area contributed by atoms with E-state index in [4.69, 9.17) is 16.2 Å². The lowest BCUT2D eigenvalue weighted by Gasteiger charge is -2.17. The quantitative estimate of drug-likeness (QED) is 0.897. The van der Waals surface area contributed by atoms with Gasteiger partial charge in [0, 0.05) is 5.56 Å². The number of anilines is 2. The number of aromatic nitrogens is 2. The fourth-order valence-electron chi connectivity index (χ4n) is 2.49. The minimum absolute atomic E-state index is 0.0517. The predicted octanol–water partition coefficient (Wildman–Crippen LogP) is 3.01. The molecule has 0 aliphatic carbocycles. The Bertz CT molecular complexity index is 778. The van der Waals surface area contributed by atoms with E-state index >= 15 is 0 Å². The zero-order valence-corrected chi connectivity index (χ0v) is 13.8. The molecular weight excluding hydrogens is 290 g/mol. The Labute approximate surface area is 136 Å². The van der Waals surface area contributed by atoms with Gasteiger partial charge in [-0.05, 0) is 43.0 Å². The number of hydrogen-bond acceptors (Lipinski definition) is 6. The molecule has 1 heterocycles. The number of nitrogens with two attached hydrogens (primary N) is 2. The lowest BCUT2D eigenvalue weighted by molar-refractivity contribution is 0.335. The molecule has 0 radical (unpaired) electrons.